The third-order valence-corrected chi connectivity index (χ3v) is 3.04. The highest BCUT2D eigenvalue weighted by Crippen LogP contribution is 2.25. The molecule has 0 aliphatic carbocycles. The second kappa shape index (κ2) is 5.84. The zero-order chi connectivity index (χ0) is 12.1. The van der Waals surface area contributed by atoms with E-state index < -0.39 is 0 Å². The zero-order valence-electron chi connectivity index (χ0n) is 9.53. The SMILES string of the molecule is COc1ccc(CNCc2ccn[nH]2)cc1Br. The van der Waals surface area contributed by atoms with Crippen LogP contribution in [0.2, 0.25) is 0 Å². The van der Waals surface area contributed by atoms with Gasteiger partial charge in [-0.3, -0.25) is 5.10 Å². The van der Waals surface area contributed by atoms with Crippen LogP contribution in [0.4, 0.5) is 0 Å². The molecule has 2 rings (SSSR count). The normalized spacial score (nSPS) is 10.5. The number of benzene rings is 1. The van der Waals surface area contributed by atoms with Gasteiger partial charge in [0.15, 0.2) is 0 Å². The van der Waals surface area contributed by atoms with E-state index in [2.05, 4.69) is 37.5 Å². The molecule has 0 amide bonds. The van der Waals surface area contributed by atoms with Crippen molar-refractivity contribution in [3.05, 3.63) is 46.2 Å². The van der Waals surface area contributed by atoms with Crippen LogP contribution >= 0.6 is 15.9 Å². The van der Waals surface area contributed by atoms with Crippen LogP contribution in [0.25, 0.3) is 0 Å². The minimum absolute atomic E-state index is 0.781. The molecule has 0 spiro atoms. The molecule has 90 valence electrons. The highest BCUT2D eigenvalue weighted by atomic mass is 79.9. The molecule has 1 heterocycles. The number of nitrogens with one attached hydrogen (secondary N) is 2. The number of aromatic amines is 1. The van der Waals surface area contributed by atoms with Crippen LogP contribution in [0.1, 0.15) is 11.3 Å². The molecule has 4 nitrogen and oxygen atoms in total. The van der Waals surface area contributed by atoms with E-state index in [9.17, 15) is 0 Å². The number of rotatable bonds is 5. The van der Waals surface area contributed by atoms with Crippen molar-refractivity contribution in [3.8, 4) is 5.75 Å². The van der Waals surface area contributed by atoms with Gasteiger partial charge in [0.2, 0.25) is 0 Å². The molecule has 17 heavy (non-hydrogen) atoms. The van der Waals surface area contributed by atoms with Crippen LogP contribution in [0.3, 0.4) is 0 Å². The Balaban J connectivity index is 1.89. The first-order valence-corrected chi connectivity index (χ1v) is 6.10. The first-order valence-electron chi connectivity index (χ1n) is 5.31. The summed E-state index contributed by atoms with van der Waals surface area (Å²) in [6.07, 6.45) is 1.75. The van der Waals surface area contributed by atoms with E-state index in [1.807, 2.05) is 18.2 Å². The smallest absolute Gasteiger partial charge is 0.133 e. The molecule has 0 bridgehead atoms. The van der Waals surface area contributed by atoms with Gasteiger partial charge in [-0.15, -0.1) is 0 Å². The maximum atomic E-state index is 5.18. The second-order valence-electron chi connectivity index (χ2n) is 3.65. The monoisotopic (exact) mass is 295 g/mol. The van der Waals surface area contributed by atoms with Crippen molar-refractivity contribution >= 4 is 15.9 Å². The average molecular weight is 296 g/mol. The van der Waals surface area contributed by atoms with Gasteiger partial charge < -0.3 is 10.1 Å². The molecule has 0 fully saturated rings. The Morgan fingerprint density at radius 2 is 2.24 bits per heavy atom. The third kappa shape index (κ3) is 3.31. The molecule has 0 unspecified atom stereocenters. The lowest BCUT2D eigenvalue weighted by Gasteiger charge is -2.07. The van der Waals surface area contributed by atoms with Crippen molar-refractivity contribution < 1.29 is 4.74 Å². The summed E-state index contributed by atoms with van der Waals surface area (Å²) >= 11 is 3.47. The van der Waals surface area contributed by atoms with Crippen molar-refractivity contribution in [1.29, 1.82) is 0 Å². The molecule has 2 N–H and O–H groups in total. The predicted molar refractivity (Wildman–Crippen MR) is 69.8 cm³/mol. The summed E-state index contributed by atoms with van der Waals surface area (Å²) in [6.45, 7) is 1.59. The number of hydrogen-bond donors (Lipinski definition) is 2. The molecular weight excluding hydrogens is 282 g/mol. The van der Waals surface area contributed by atoms with Gasteiger partial charge in [0.25, 0.3) is 0 Å². The molecule has 1 aromatic heterocycles. The number of nitrogens with zero attached hydrogens (tertiary/aromatic N) is 1. The molecule has 0 saturated carbocycles. The van der Waals surface area contributed by atoms with Gasteiger partial charge in [0, 0.05) is 25.0 Å². The molecule has 0 aliphatic heterocycles. The van der Waals surface area contributed by atoms with Gasteiger partial charge in [0.05, 0.1) is 11.6 Å². The summed E-state index contributed by atoms with van der Waals surface area (Å²) < 4.78 is 6.16. The fourth-order valence-electron chi connectivity index (χ4n) is 1.54. The van der Waals surface area contributed by atoms with Gasteiger partial charge in [-0.05, 0) is 39.7 Å². The molecule has 0 atom stereocenters. The molecule has 0 saturated heterocycles. The quantitative estimate of drug-likeness (QED) is 0.891. The lowest BCUT2D eigenvalue weighted by molar-refractivity contribution is 0.412. The fourth-order valence-corrected chi connectivity index (χ4v) is 2.13. The van der Waals surface area contributed by atoms with Crippen molar-refractivity contribution in [2.75, 3.05) is 7.11 Å². The van der Waals surface area contributed by atoms with E-state index in [-0.39, 0.29) is 0 Å². The Hall–Kier alpha value is -1.33. The van der Waals surface area contributed by atoms with Crippen LogP contribution in [-0.4, -0.2) is 17.3 Å². The third-order valence-electron chi connectivity index (χ3n) is 2.42. The maximum absolute atomic E-state index is 5.18. The standard InChI is InChI=1S/C12H14BrN3O/c1-17-12-3-2-9(6-11(12)13)7-14-8-10-4-5-15-16-10/h2-6,14H,7-8H2,1H3,(H,15,16). The van der Waals surface area contributed by atoms with E-state index in [1.54, 1.807) is 13.3 Å². The summed E-state index contributed by atoms with van der Waals surface area (Å²) in [5, 5.41) is 10.1. The lowest BCUT2D eigenvalue weighted by Crippen LogP contribution is -2.12. The Morgan fingerprint density at radius 3 is 2.88 bits per heavy atom. The van der Waals surface area contributed by atoms with E-state index in [1.165, 1.54) is 5.56 Å². The van der Waals surface area contributed by atoms with Gasteiger partial charge in [0.1, 0.15) is 5.75 Å². The number of H-pyrrole nitrogens is 1. The van der Waals surface area contributed by atoms with Crippen molar-refractivity contribution in [2.45, 2.75) is 13.1 Å². The van der Waals surface area contributed by atoms with Crippen LogP contribution in [-0.2, 0) is 13.1 Å². The van der Waals surface area contributed by atoms with Crippen LogP contribution in [0, 0.1) is 0 Å². The topological polar surface area (TPSA) is 49.9 Å². The molecule has 5 heteroatoms. The minimum Gasteiger partial charge on any atom is -0.496 e. The van der Waals surface area contributed by atoms with Crippen LogP contribution in [0.15, 0.2) is 34.9 Å². The zero-order valence-corrected chi connectivity index (χ0v) is 11.1. The number of halogens is 1. The van der Waals surface area contributed by atoms with E-state index in [0.29, 0.717) is 0 Å². The Labute approximate surface area is 109 Å². The van der Waals surface area contributed by atoms with Crippen molar-refractivity contribution in [2.24, 2.45) is 0 Å². The van der Waals surface area contributed by atoms with Crippen LogP contribution in [0.5, 0.6) is 5.75 Å². The lowest BCUT2D eigenvalue weighted by atomic mass is 10.2. The summed E-state index contributed by atoms with van der Waals surface area (Å²) in [7, 11) is 1.66. The van der Waals surface area contributed by atoms with E-state index in [4.69, 9.17) is 4.74 Å². The highest BCUT2D eigenvalue weighted by Gasteiger charge is 2.01. The number of ether oxygens (including phenoxy) is 1. The number of aromatic nitrogens is 2. The van der Waals surface area contributed by atoms with Gasteiger partial charge in [-0.1, -0.05) is 6.07 Å². The first kappa shape index (κ1) is 12.1. The second-order valence-corrected chi connectivity index (χ2v) is 4.51. The Morgan fingerprint density at radius 1 is 1.35 bits per heavy atom. The fraction of sp³-hybridized carbons (Fsp3) is 0.250. The highest BCUT2D eigenvalue weighted by molar-refractivity contribution is 9.10. The molecule has 1 aromatic carbocycles. The van der Waals surface area contributed by atoms with Gasteiger partial charge in [-0.25, -0.2) is 0 Å². The van der Waals surface area contributed by atoms with E-state index >= 15 is 0 Å². The van der Waals surface area contributed by atoms with Crippen LogP contribution < -0.4 is 10.1 Å². The summed E-state index contributed by atoms with van der Waals surface area (Å²) in [6, 6.07) is 8.01. The Kier molecular flexibility index (Phi) is 4.17. The summed E-state index contributed by atoms with van der Waals surface area (Å²) in [5.41, 5.74) is 2.29. The summed E-state index contributed by atoms with van der Waals surface area (Å²) in [5.74, 6) is 0.849. The largest absolute Gasteiger partial charge is 0.496 e. The number of hydrogen-bond acceptors (Lipinski definition) is 3. The predicted octanol–water partition coefficient (Wildman–Crippen LogP) is 2.47. The van der Waals surface area contributed by atoms with Crippen molar-refractivity contribution in [1.82, 2.24) is 15.5 Å². The maximum Gasteiger partial charge on any atom is 0.133 e. The Bertz CT molecular complexity index is 471. The van der Waals surface area contributed by atoms with E-state index in [0.717, 1.165) is 29.0 Å². The molecule has 2 aromatic rings. The van der Waals surface area contributed by atoms with Crippen molar-refractivity contribution in [3.63, 3.8) is 0 Å². The van der Waals surface area contributed by atoms with Gasteiger partial charge in [-0.2, -0.15) is 5.10 Å². The van der Waals surface area contributed by atoms with Gasteiger partial charge >= 0.3 is 0 Å². The summed E-state index contributed by atoms with van der Waals surface area (Å²) in [4.78, 5) is 0. The molecule has 0 radical (unpaired) electrons. The minimum atomic E-state index is 0.781. The molecular formula is C12H14BrN3O. The molecule has 0 aliphatic rings. The number of methoxy groups -OCH3 is 1. The average Bonchev–Trinajstić information content (AvgIpc) is 2.82. The first-order chi connectivity index (χ1) is 8.29.